The van der Waals surface area contributed by atoms with Crippen LogP contribution in [0.3, 0.4) is 0 Å². The number of aliphatic imine (C=N–C) groups is 1. The van der Waals surface area contributed by atoms with Gasteiger partial charge in [0, 0.05) is 56.5 Å². The molecular weight excluding hydrogens is 529 g/mol. The molecule has 3 heterocycles. The van der Waals surface area contributed by atoms with Crippen LogP contribution in [0.15, 0.2) is 35.5 Å². The highest BCUT2D eigenvalue weighted by atomic mass is 127. The SMILES string of the molecule is CN=C(NCc1cc2c(cc1OC)CC(C)O2)NC1CCN(c2ncccc2Cl)C1.I. The summed E-state index contributed by atoms with van der Waals surface area (Å²) < 4.78 is 11.5. The first-order valence-corrected chi connectivity index (χ1v) is 10.6. The molecule has 9 heteroatoms. The van der Waals surface area contributed by atoms with Crippen molar-refractivity contribution < 1.29 is 9.47 Å². The molecule has 2 aliphatic rings. The summed E-state index contributed by atoms with van der Waals surface area (Å²) >= 11 is 6.30. The molecule has 0 aliphatic carbocycles. The van der Waals surface area contributed by atoms with E-state index in [-0.39, 0.29) is 36.1 Å². The van der Waals surface area contributed by atoms with Gasteiger partial charge in [-0.1, -0.05) is 11.6 Å². The van der Waals surface area contributed by atoms with E-state index in [0.717, 1.165) is 54.8 Å². The molecule has 1 aromatic heterocycles. The lowest BCUT2D eigenvalue weighted by molar-refractivity contribution is 0.254. The van der Waals surface area contributed by atoms with E-state index in [2.05, 4.69) is 44.6 Å². The van der Waals surface area contributed by atoms with Crippen molar-refractivity contribution in [3.05, 3.63) is 46.6 Å². The number of hydrogen-bond acceptors (Lipinski definition) is 5. The lowest BCUT2D eigenvalue weighted by Gasteiger charge is -2.20. The molecule has 168 valence electrons. The number of halogens is 2. The average molecular weight is 558 g/mol. The minimum atomic E-state index is 0. The van der Waals surface area contributed by atoms with E-state index < -0.39 is 0 Å². The Hall–Kier alpha value is -1.94. The highest BCUT2D eigenvalue weighted by Crippen LogP contribution is 2.35. The summed E-state index contributed by atoms with van der Waals surface area (Å²) in [5.41, 5.74) is 2.24. The van der Waals surface area contributed by atoms with Crippen molar-refractivity contribution >= 4 is 47.4 Å². The highest BCUT2D eigenvalue weighted by Gasteiger charge is 2.26. The van der Waals surface area contributed by atoms with Crippen LogP contribution in [-0.2, 0) is 13.0 Å². The quantitative estimate of drug-likeness (QED) is 0.332. The largest absolute Gasteiger partial charge is 0.496 e. The van der Waals surface area contributed by atoms with Crippen molar-refractivity contribution in [3.63, 3.8) is 0 Å². The maximum Gasteiger partial charge on any atom is 0.191 e. The molecule has 2 aliphatic heterocycles. The van der Waals surface area contributed by atoms with E-state index in [1.165, 1.54) is 5.56 Å². The van der Waals surface area contributed by atoms with E-state index in [1.807, 2.05) is 12.1 Å². The van der Waals surface area contributed by atoms with Crippen LogP contribution in [0.2, 0.25) is 5.02 Å². The average Bonchev–Trinajstić information content (AvgIpc) is 3.35. The zero-order valence-electron chi connectivity index (χ0n) is 18.0. The zero-order chi connectivity index (χ0) is 21.1. The molecule has 0 spiro atoms. The standard InChI is InChI=1S/C22H28ClN5O2.HI/c1-14-9-15-10-19(29-3)16(11-20(15)30-14)12-26-22(24-2)27-17-6-8-28(13-17)21-18(23)5-4-7-25-21;/h4-5,7,10-11,14,17H,6,8-9,12-13H2,1-3H3,(H2,24,26,27);1H. The fourth-order valence-electron chi connectivity index (χ4n) is 4.06. The third kappa shape index (κ3) is 5.46. The number of aromatic nitrogens is 1. The van der Waals surface area contributed by atoms with Gasteiger partial charge in [-0.15, -0.1) is 24.0 Å². The molecular formula is C22H29ClIN5O2. The van der Waals surface area contributed by atoms with Gasteiger partial charge < -0.3 is 25.0 Å². The van der Waals surface area contributed by atoms with Gasteiger partial charge in [0.25, 0.3) is 0 Å². The molecule has 0 bridgehead atoms. The van der Waals surface area contributed by atoms with Crippen molar-refractivity contribution in [1.29, 1.82) is 0 Å². The molecule has 2 N–H and O–H groups in total. The van der Waals surface area contributed by atoms with E-state index in [9.17, 15) is 0 Å². The summed E-state index contributed by atoms with van der Waals surface area (Å²) in [5, 5.41) is 7.59. The molecule has 4 rings (SSSR count). The molecule has 1 fully saturated rings. The summed E-state index contributed by atoms with van der Waals surface area (Å²) in [6.07, 6.45) is 3.89. The van der Waals surface area contributed by atoms with Gasteiger partial charge in [0.15, 0.2) is 5.96 Å². The van der Waals surface area contributed by atoms with Crippen LogP contribution in [0.1, 0.15) is 24.5 Å². The zero-order valence-corrected chi connectivity index (χ0v) is 21.1. The van der Waals surface area contributed by atoms with Crippen LogP contribution in [-0.4, -0.2) is 50.3 Å². The lowest BCUT2D eigenvalue weighted by Crippen LogP contribution is -2.44. The Morgan fingerprint density at radius 1 is 1.42 bits per heavy atom. The number of hydrogen-bond donors (Lipinski definition) is 2. The van der Waals surface area contributed by atoms with Crippen LogP contribution < -0.4 is 25.0 Å². The molecule has 2 unspecified atom stereocenters. The smallest absolute Gasteiger partial charge is 0.191 e. The normalized spacial score (nSPS) is 20.0. The maximum atomic E-state index is 6.30. The second kappa shape index (κ2) is 10.6. The van der Waals surface area contributed by atoms with Gasteiger partial charge in [-0.3, -0.25) is 4.99 Å². The van der Waals surface area contributed by atoms with Crippen LogP contribution in [0.25, 0.3) is 0 Å². The molecule has 31 heavy (non-hydrogen) atoms. The molecule has 1 saturated heterocycles. The van der Waals surface area contributed by atoms with Gasteiger partial charge in [-0.25, -0.2) is 4.98 Å². The summed E-state index contributed by atoms with van der Waals surface area (Å²) in [6, 6.07) is 8.14. The molecule has 2 atom stereocenters. The molecule has 1 aromatic carbocycles. The number of benzene rings is 1. The Bertz CT molecular complexity index is 942. The van der Waals surface area contributed by atoms with Gasteiger partial charge in [0.05, 0.1) is 12.1 Å². The Morgan fingerprint density at radius 3 is 3.00 bits per heavy atom. The first kappa shape index (κ1) is 23.7. The minimum Gasteiger partial charge on any atom is -0.496 e. The maximum absolute atomic E-state index is 6.30. The minimum absolute atomic E-state index is 0. The van der Waals surface area contributed by atoms with E-state index >= 15 is 0 Å². The third-order valence-electron chi connectivity index (χ3n) is 5.54. The predicted octanol–water partition coefficient (Wildman–Crippen LogP) is 3.63. The monoisotopic (exact) mass is 557 g/mol. The van der Waals surface area contributed by atoms with Crippen molar-refractivity contribution in [2.24, 2.45) is 4.99 Å². The molecule has 0 amide bonds. The second-order valence-electron chi connectivity index (χ2n) is 7.71. The summed E-state index contributed by atoms with van der Waals surface area (Å²) in [4.78, 5) is 11.0. The number of nitrogens with one attached hydrogen (secondary N) is 2. The molecule has 0 radical (unpaired) electrons. The van der Waals surface area contributed by atoms with Gasteiger partial charge in [-0.2, -0.15) is 0 Å². The first-order chi connectivity index (χ1) is 14.6. The van der Waals surface area contributed by atoms with E-state index in [4.69, 9.17) is 21.1 Å². The van der Waals surface area contributed by atoms with E-state index in [1.54, 1.807) is 20.4 Å². The molecule has 0 saturated carbocycles. The second-order valence-corrected chi connectivity index (χ2v) is 8.12. The van der Waals surface area contributed by atoms with Gasteiger partial charge >= 0.3 is 0 Å². The number of methoxy groups -OCH3 is 1. The predicted molar refractivity (Wildman–Crippen MR) is 135 cm³/mol. The number of fused-ring (bicyclic) bond motifs is 1. The van der Waals surface area contributed by atoms with Crippen molar-refractivity contribution in [1.82, 2.24) is 15.6 Å². The van der Waals surface area contributed by atoms with Gasteiger partial charge in [0.2, 0.25) is 0 Å². The number of rotatable bonds is 5. The Kier molecular flexibility index (Phi) is 8.10. The summed E-state index contributed by atoms with van der Waals surface area (Å²) in [7, 11) is 3.48. The Morgan fingerprint density at radius 2 is 2.26 bits per heavy atom. The Balaban J connectivity index is 0.00000272. The molecule has 7 nitrogen and oxygen atoms in total. The number of pyridine rings is 1. The van der Waals surface area contributed by atoms with Crippen LogP contribution in [0.5, 0.6) is 11.5 Å². The van der Waals surface area contributed by atoms with Crippen LogP contribution in [0, 0.1) is 0 Å². The summed E-state index contributed by atoms with van der Waals surface area (Å²) in [6.45, 7) is 4.40. The Labute approximate surface area is 205 Å². The van der Waals surface area contributed by atoms with E-state index in [0.29, 0.717) is 11.6 Å². The summed E-state index contributed by atoms with van der Waals surface area (Å²) in [5.74, 6) is 3.40. The lowest BCUT2D eigenvalue weighted by atomic mass is 10.1. The first-order valence-electron chi connectivity index (χ1n) is 10.3. The fraction of sp³-hybridized carbons (Fsp3) is 0.455. The van der Waals surface area contributed by atoms with Crippen LogP contribution in [0.4, 0.5) is 5.82 Å². The number of ether oxygens (including phenoxy) is 2. The van der Waals surface area contributed by atoms with Crippen molar-refractivity contribution in [2.75, 3.05) is 32.1 Å². The fourth-order valence-corrected chi connectivity index (χ4v) is 4.30. The van der Waals surface area contributed by atoms with Gasteiger partial charge in [-0.05, 0) is 37.6 Å². The van der Waals surface area contributed by atoms with Crippen LogP contribution >= 0.6 is 35.6 Å². The topological polar surface area (TPSA) is 71.0 Å². The number of guanidine groups is 1. The number of nitrogens with zero attached hydrogens (tertiary/aromatic N) is 3. The highest BCUT2D eigenvalue weighted by molar-refractivity contribution is 14.0. The molecule has 2 aromatic rings. The van der Waals surface area contributed by atoms with Gasteiger partial charge in [0.1, 0.15) is 23.4 Å². The third-order valence-corrected chi connectivity index (χ3v) is 5.83. The van der Waals surface area contributed by atoms with Crippen molar-refractivity contribution in [2.45, 2.75) is 38.5 Å². The van der Waals surface area contributed by atoms with Crippen molar-refractivity contribution in [3.8, 4) is 11.5 Å². The number of anilines is 1.